The summed E-state index contributed by atoms with van der Waals surface area (Å²) in [5.74, 6) is 0. The highest BCUT2D eigenvalue weighted by molar-refractivity contribution is 7.26. The van der Waals surface area contributed by atoms with E-state index in [2.05, 4.69) is 493 Å². The molecule has 20 aromatic rings. The highest BCUT2D eigenvalue weighted by Crippen LogP contribution is 2.52. The fourth-order valence-electron chi connectivity index (χ4n) is 17.6. The topological polar surface area (TPSA) is 13.0 Å². The summed E-state index contributed by atoms with van der Waals surface area (Å²) in [6.07, 6.45) is 0. The predicted molar refractivity (Wildman–Crippen MR) is 493 cm³/mol. The number of thiophene rings is 2. The minimum Gasteiger partial charge on any atom is -0.310 e. The van der Waals surface area contributed by atoms with Gasteiger partial charge in [0.2, 0.25) is 0 Å². The molecule has 0 saturated heterocycles. The van der Waals surface area contributed by atoms with Crippen molar-refractivity contribution in [1.29, 1.82) is 0 Å². The average molecular weight is 1520 g/mol. The summed E-state index contributed by atoms with van der Waals surface area (Å²) in [6.45, 7) is 0. The molecule has 2 heterocycles. The van der Waals surface area contributed by atoms with Crippen molar-refractivity contribution in [2.45, 2.75) is 10.8 Å². The molecule has 116 heavy (non-hydrogen) atoms. The van der Waals surface area contributed by atoms with Crippen molar-refractivity contribution in [2.24, 2.45) is 0 Å². The van der Waals surface area contributed by atoms with E-state index < -0.39 is 10.8 Å². The van der Waals surface area contributed by atoms with E-state index in [1.165, 1.54) is 84.9 Å². The molecule has 4 nitrogen and oxygen atoms in total. The van der Waals surface area contributed by atoms with Crippen LogP contribution >= 0.6 is 22.7 Å². The van der Waals surface area contributed by atoms with Crippen molar-refractivity contribution < 1.29 is 0 Å². The molecule has 0 amide bonds. The van der Waals surface area contributed by atoms with Crippen LogP contribution < -0.4 is 19.6 Å². The van der Waals surface area contributed by atoms with E-state index in [1.807, 2.05) is 22.7 Å². The quantitative estimate of drug-likeness (QED) is 0.0665. The summed E-state index contributed by atoms with van der Waals surface area (Å²) in [4.78, 5) is 9.53. The van der Waals surface area contributed by atoms with Crippen LogP contribution in [0.2, 0.25) is 0 Å². The fraction of sp³-hybridized carbons (Fsp3) is 0.0182. The lowest BCUT2D eigenvalue weighted by molar-refractivity contribution is 0.745. The lowest BCUT2D eigenvalue weighted by Gasteiger charge is -2.37. The first-order valence-electron chi connectivity index (χ1n) is 39.6. The number of anilines is 12. The van der Waals surface area contributed by atoms with Crippen molar-refractivity contribution in [2.75, 3.05) is 19.6 Å². The maximum atomic E-state index is 2.39. The van der Waals surface area contributed by atoms with Crippen LogP contribution in [-0.4, -0.2) is 0 Å². The van der Waals surface area contributed by atoms with Gasteiger partial charge in [-0.15, -0.1) is 22.7 Å². The molecular weight excluding hydrogens is 1440 g/mol. The van der Waals surface area contributed by atoms with E-state index in [1.54, 1.807) is 0 Å². The largest absolute Gasteiger partial charge is 0.310 e. The minimum absolute atomic E-state index is 0.551. The third kappa shape index (κ3) is 12.9. The Bertz CT molecular complexity index is 6150. The van der Waals surface area contributed by atoms with Crippen LogP contribution in [0, 0.1) is 0 Å². The van der Waals surface area contributed by atoms with E-state index >= 15 is 0 Å². The Kier molecular flexibility index (Phi) is 18.9. The van der Waals surface area contributed by atoms with Crippen LogP contribution in [-0.2, 0) is 10.8 Å². The molecule has 0 saturated carbocycles. The van der Waals surface area contributed by atoms with Gasteiger partial charge in [-0.3, -0.25) is 0 Å². The minimum atomic E-state index is -0.551. The summed E-state index contributed by atoms with van der Waals surface area (Å²) in [5.41, 5.74) is 23.9. The SMILES string of the molecule is c1ccc(N(c2ccc(-c3ccc(N(c4ccccc4)c4ccc5c(c4)sc4cc(N(c6ccccc6)c6ccc(C(c7ccccc7)(c7ccccc7)c7ccccc7)cc6)ccc45)cc3)cc2)c2ccc3c(c2)sc2cc(N(c4ccccc4)c4ccc(C(c5ccccc5)(c5ccccc5)c5ccccc5)cc4)ccc23)cc1. The van der Waals surface area contributed by atoms with Gasteiger partial charge in [0.15, 0.2) is 0 Å². The van der Waals surface area contributed by atoms with Crippen LogP contribution in [0.4, 0.5) is 68.2 Å². The highest BCUT2D eigenvalue weighted by atomic mass is 32.1. The molecule has 0 aliphatic rings. The lowest BCUT2D eigenvalue weighted by Crippen LogP contribution is -2.31. The van der Waals surface area contributed by atoms with Gasteiger partial charge in [-0.25, -0.2) is 0 Å². The summed E-state index contributed by atoms with van der Waals surface area (Å²) in [6, 6.07) is 173. The molecule has 0 bridgehead atoms. The van der Waals surface area contributed by atoms with Gasteiger partial charge in [-0.2, -0.15) is 0 Å². The van der Waals surface area contributed by atoms with Gasteiger partial charge in [0.25, 0.3) is 0 Å². The van der Waals surface area contributed by atoms with Crippen LogP contribution in [0.5, 0.6) is 0 Å². The first kappa shape index (κ1) is 70.7. The number of para-hydroxylation sites is 4. The zero-order chi connectivity index (χ0) is 77.2. The second-order valence-electron chi connectivity index (χ2n) is 29.5. The smallest absolute Gasteiger partial charge is 0.0701 e. The van der Waals surface area contributed by atoms with Gasteiger partial charge in [0.1, 0.15) is 0 Å². The van der Waals surface area contributed by atoms with Crippen molar-refractivity contribution in [3.63, 3.8) is 0 Å². The van der Waals surface area contributed by atoms with Gasteiger partial charge < -0.3 is 19.6 Å². The first-order valence-corrected chi connectivity index (χ1v) is 41.2. The van der Waals surface area contributed by atoms with E-state index in [-0.39, 0.29) is 0 Å². The van der Waals surface area contributed by atoms with Crippen LogP contribution in [0.15, 0.2) is 473 Å². The molecule has 20 rings (SSSR count). The van der Waals surface area contributed by atoms with Gasteiger partial charge in [0, 0.05) is 109 Å². The van der Waals surface area contributed by atoms with Gasteiger partial charge in [0.05, 0.1) is 10.8 Å². The number of hydrogen-bond donors (Lipinski definition) is 0. The van der Waals surface area contributed by atoms with Gasteiger partial charge in [-0.05, 0) is 201 Å². The third-order valence-electron chi connectivity index (χ3n) is 22.9. The number of hydrogen-bond acceptors (Lipinski definition) is 6. The molecule has 6 heteroatoms. The molecule has 0 aliphatic carbocycles. The molecule has 18 aromatic carbocycles. The Labute approximate surface area is 685 Å². The molecule has 0 unspecified atom stereocenters. The van der Waals surface area contributed by atoms with Gasteiger partial charge in [-0.1, -0.05) is 328 Å². The second kappa shape index (κ2) is 30.9. The molecule has 0 fully saturated rings. The normalized spacial score (nSPS) is 11.6. The second-order valence-corrected chi connectivity index (χ2v) is 31.7. The third-order valence-corrected chi connectivity index (χ3v) is 25.1. The van der Waals surface area contributed by atoms with Crippen molar-refractivity contribution in [1.82, 2.24) is 0 Å². The molecule has 0 aliphatic heterocycles. The monoisotopic (exact) mass is 1520 g/mol. The van der Waals surface area contributed by atoms with Crippen LogP contribution in [0.3, 0.4) is 0 Å². The van der Waals surface area contributed by atoms with Crippen molar-refractivity contribution in [3.05, 3.63) is 518 Å². The molecule has 0 atom stereocenters. The highest BCUT2D eigenvalue weighted by Gasteiger charge is 2.40. The fourth-order valence-corrected chi connectivity index (χ4v) is 20.0. The van der Waals surface area contributed by atoms with E-state index in [9.17, 15) is 0 Å². The van der Waals surface area contributed by atoms with E-state index in [0.717, 1.165) is 79.4 Å². The van der Waals surface area contributed by atoms with Crippen LogP contribution in [0.25, 0.3) is 51.5 Å². The van der Waals surface area contributed by atoms with Crippen molar-refractivity contribution >= 4 is 131 Å². The zero-order valence-electron chi connectivity index (χ0n) is 63.6. The molecule has 550 valence electrons. The first-order chi connectivity index (χ1) is 57.5. The van der Waals surface area contributed by atoms with Crippen molar-refractivity contribution in [3.8, 4) is 11.1 Å². The summed E-state index contributed by atoms with van der Waals surface area (Å²) in [5, 5.41) is 4.95. The van der Waals surface area contributed by atoms with E-state index in [0.29, 0.717) is 0 Å². The number of nitrogens with zero attached hydrogens (tertiary/aromatic N) is 4. The van der Waals surface area contributed by atoms with Gasteiger partial charge >= 0.3 is 0 Å². The average Bonchev–Trinajstić information content (AvgIpc) is 1.08. The molecular formula is C110H78N4S2. The number of rotatable bonds is 21. The van der Waals surface area contributed by atoms with E-state index in [4.69, 9.17) is 0 Å². The molecule has 0 N–H and O–H groups in total. The predicted octanol–water partition coefficient (Wildman–Crippen LogP) is 30.7. The summed E-state index contributed by atoms with van der Waals surface area (Å²) < 4.78 is 4.90. The lowest BCUT2D eigenvalue weighted by atomic mass is 9.65. The Morgan fingerprint density at radius 2 is 0.293 bits per heavy atom. The number of benzene rings is 18. The standard InChI is InChI=1S/C110H78N4S2/c1-11-31-81(32-12-1)109(82-33-13-2-14-34-82,83-35-15-3-16-36-83)87-55-63-95(64-56-87)113(91-47-27-9-28-48-91)99-69-73-103-101-71-67-97(75-105(101)115-107(103)77-99)111(89-43-23-7-24-44-89)93-59-51-79(52-60-93)80-53-61-94(62-54-80)112(90-45-25-8-26-46-90)98-68-72-102-104-74-70-100(78-108(104)116-106(102)76-98)114(92-49-29-10-30-50-92)96-65-57-88(58-66-96)110(84-37-17-4-18-38-84,85-39-19-5-20-40-85)86-41-21-6-22-42-86/h1-78H. The summed E-state index contributed by atoms with van der Waals surface area (Å²) >= 11 is 3.69. The molecule has 0 radical (unpaired) electrons. The Morgan fingerprint density at radius 1 is 0.138 bits per heavy atom. The molecule has 0 spiro atoms. The Balaban J connectivity index is 0.589. The maximum absolute atomic E-state index is 2.39. The summed E-state index contributed by atoms with van der Waals surface area (Å²) in [7, 11) is 0. The zero-order valence-corrected chi connectivity index (χ0v) is 65.3. The van der Waals surface area contributed by atoms with Crippen LogP contribution in [0.1, 0.15) is 44.5 Å². The Morgan fingerprint density at radius 3 is 0.491 bits per heavy atom. The maximum Gasteiger partial charge on any atom is 0.0701 e. The Hall–Kier alpha value is -14.4. The molecule has 2 aromatic heterocycles. The number of fused-ring (bicyclic) bond motifs is 6.